The Hall–Kier alpha value is -2.90. The Labute approximate surface area is 202 Å². The number of carbonyl (C=O) groups excluding carboxylic acids is 1. The number of amides is 1. The van der Waals surface area contributed by atoms with Crippen LogP contribution in [0, 0.1) is 11.6 Å². The molecule has 5 nitrogen and oxygen atoms in total. The fourth-order valence-corrected chi connectivity index (χ4v) is 4.40. The van der Waals surface area contributed by atoms with Crippen LogP contribution in [0.1, 0.15) is 38.3 Å². The Balaban J connectivity index is 1.47. The van der Waals surface area contributed by atoms with Crippen molar-refractivity contribution in [1.29, 1.82) is 0 Å². The lowest BCUT2D eigenvalue weighted by molar-refractivity contribution is -0.122. The molecule has 2 heterocycles. The Kier molecular flexibility index (Phi) is 6.69. The van der Waals surface area contributed by atoms with Gasteiger partial charge in [-0.15, -0.1) is 0 Å². The summed E-state index contributed by atoms with van der Waals surface area (Å²) in [5, 5.41) is 10.4. The van der Waals surface area contributed by atoms with Crippen LogP contribution in [0.15, 0.2) is 59.5 Å². The van der Waals surface area contributed by atoms with Crippen LogP contribution in [0.25, 0.3) is 0 Å². The van der Waals surface area contributed by atoms with Crippen LogP contribution in [-0.2, 0) is 22.6 Å². The van der Waals surface area contributed by atoms with Crippen LogP contribution < -0.4 is 9.80 Å². The van der Waals surface area contributed by atoms with E-state index in [0.29, 0.717) is 17.3 Å². The van der Waals surface area contributed by atoms with Gasteiger partial charge in [0.15, 0.2) is 0 Å². The van der Waals surface area contributed by atoms with Gasteiger partial charge in [0.05, 0.1) is 23.1 Å². The van der Waals surface area contributed by atoms with Crippen LogP contribution in [-0.4, -0.2) is 29.2 Å². The lowest BCUT2D eigenvalue weighted by atomic mass is 10.0. The number of fused-ring (bicyclic) bond motifs is 1. The number of benzene rings is 2. The SMILES string of the molecule is CC1C=C(OCc2ccc(F)cc2F)C(Cl)=CN1c1ccc2c(c1)CCN2C(=O)CC(C)(C)O. The number of hydrogen-bond donors (Lipinski definition) is 1. The zero-order chi connectivity index (χ0) is 24.6. The van der Waals surface area contributed by atoms with E-state index in [1.807, 2.05) is 36.1 Å². The second kappa shape index (κ2) is 9.39. The molecule has 1 unspecified atom stereocenters. The molecule has 2 aliphatic heterocycles. The fraction of sp³-hybridized carbons (Fsp3) is 0.346. The molecule has 0 radical (unpaired) electrons. The zero-order valence-corrected chi connectivity index (χ0v) is 20.1. The molecular formula is C26H27ClF2N2O3. The number of ether oxygens (including phenoxy) is 1. The molecule has 180 valence electrons. The highest BCUT2D eigenvalue weighted by Crippen LogP contribution is 2.36. The van der Waals surface area contributed by atoms with Crippen molar-refractivity contribution >= 4 is 28.9 Å². The molecule has 34 heavy (non-hydrogen) atoms. The van der Waals surface area contributed by atoms with Gasteiger partial charge in [-0.1, -0.05) is 11.6 Å². The van der Waals surface area contributed by atoms with Gasteiger partial charge in [0.25, 0.3) is 0 Å². The van der Waals surface area contributed by atoms with E-state index in [9.17, 15) is 18.7 Å². The van der Waals surface area contributed by atoms with E-state index < -0.39 is 17.2 Å². The maximum Gasteiger partial charge on any atom is 0.229 e. The largest absolute Gasteiger partial charge is 0.487 e. The van der Waals surface area contributed by atoms with Crippen LogP contribution in [0.4, 0.5) is 20.2 Å². The van der Waals surface area contributed by atoms with Crippen molar-refractivity contribution in [3.05, 3.63) is 82.2 Å². The van der Waals surface area contributed by atoms with E-state index in [1.165, 1.54) is 12.1 Å². The number of aliphatic hydroxyl groups is 1. The lowest BCUT2D eigenvalue weighted by Gasteiger charge is -2.31. The van der Waals surface area contributed by atoms with Crippen molar-refractivity contribution in [2.75, 3.05) is 16.3 Å². The number of anilines is 2. The number of hydrogen-bond acceptors (Lipinski definition) is 4. The summed E-state index contributed by atoms with van der Waals surface area (Å²) >= 11 is 6.46. The number of carbonyl (C=O) groups is 1. The van der Waals surface area contributed by atoms with Crippen LogP contribution in [0.5, 0.6) is 0 Å². The first-order valence-electron chi connectivity index (χ1n) is 11.1. The van der Waals surface area contributed by atoms with Gasteiger partial charge in [-0.05, 0) is 69.2 Å². The van der Waals surface area contributed by atoms with E-state index in [0.717, 1.165) is 29.4 Å². The van der Waals surface area contributed by atoms with Gasteiger partial charge in [0.1, 0.15) is 24.0 Å². The molecule has 4 rings (SSSR count). The number of nitrogens with zero attached hydrogens (tertiary/aromatic N) is 2. The van der Waals surface area contributed by atoms with Gasteiger partial charge >= 0.3 is 0 Å². The highest BCUT2D eigenvalue weighted by atomic mass is 35.5. The number of rotatable bonds is 6. The van der Waals surface area contributed by atoms with Crippen molar-refractivity contribution in [2.45, 2.75) is 51.9 Å². The summed E-state index contributed by atoms with van der Waals surface area (Å²) in [6.07, 6.45) is 4.39. The monoisotopic (exact) mass is 488 g/mol. The van der Waals surface area contributed by atoms with Crippen molar-refractivity contribution in [2.24, 2.45) is 0 Å². The highest BCUT2D eigenvalue weighted by molar-refractivity contribution is 6.32. The predicted molar refractivity (Wildman–Crippen MR) is 129 cm³/mol. The third-order valence-corrected chi connectivity index (χ3v) is 6.14. The molecule has 2 aromatic carbocycles. The molecule has 2 aliphatic rings. The Morgan fingerprint density at radius 2 is 2.00 bits per heavy atom. The minimum atomic E-state index is -1.06. The maximum atomic E-state index is 13.9. The molecular weight excluding hydrogens is 462 g/mol. The standard InChI is InChI=1S/C26H27ClF2N2O3/c1-16-10-24(34-15-18-4-5-19(28)12-22(18)29)21(27)14-31(16)20-6-7-23-17(11-20)8-9-30(23)25(32)13-26(2,3)33/h4-7,10-12,14,16,33H,8-9,13,15H2,1-3H3. The van der Waals surface area contributed by atoms with Gasteiger partial charge in [0, 0.05) is 35.7 Å². The van der Waals surface area contributed by atoms with E-state index in [-0.39, 0.29) is 30.5 Å². The molecule has 0 fully saturated rings. The van der Waals surface area contributed by atoms with Gasteiger partial charge < -0.3 is 19.6 Å². The van der Waals surface area contributed by atoms with E-state index >= 15 is 0 Å². The first-order valence-corrected chi connectivity index (χ1v) is 11.5. The molecule has 0 aliphatic carbocycles. The number of halogens is 3. The van der Waals surface area contributed by atoms with Crippen LogP contribution in [0.2, 0.25) is 0 Å². The Bertz CT molecular complexity index is 1170. The smallest absolute Gasteiger partial charge is 0.229 e. The van der Waals surface area contributed by atoms with Gasteiger partial charge in [-0.3, -0.25) is 4.79 Å². The average Bonchev–Trinajstić information content (AvgIpc) is 3.17. The summed E-state index contributed by atoms with van der Waals surface area (Å²) < 4.78 is 32.7. The Morgan fingerprint density at radius 3 is 2.71 bits per heavy atom. The van der Waals surface area contributed by atoms with E-state index in [2.05, 4.69) is 0 Å². The molecule has 1 atom stereocenters. The highest BCUT2D eigenvalue weighted by Gasteiger charge is 2.29. The summed E-state index contributed by atoms with van der Waals surface area (Å²) in [7, 11) is 0. The second-order valence-corrected chi connectivity index (χ2v) is 9.69. The van der Waals surface area contributed by atoms with E-state index in [4.69, 9.17) is 16.3 Å². The molecule has 0 spiro atoms. The first-order chi connectivity index (χ1) is 16.0. The minimum Gasteiger partial charge on any atom is -0.487 e. The summed E-state index contributed by atoms with van der Waals surface area (Å²) in [6, 6.07) is 9.15. The first kappa shape index (κ1) is 24.2. The molecule has 0 saturated heterocycles. The van der Waals surface area contributed by atoms with Crippen molar-refractivity contribution < 1.29 is 23.4 Å². The normalized spacial score (nSPS) is 17.9. The molecule has 0 bridgehead atoms. The molecule has 1 N–H and O–H groups in total. The quantitative estimate of drug-likeness (QED) is 0.591. The maximum absolute atomic E-state index is 13.9. The topological polar surface area (TPSA) is 53.0 Å². The molecule has 2 aromatic rings. The Morgan fingerprint density at radius 1 is 1.24 bits per heavy atom. The summed E-state index contributed by atoms with van der Waals surface area (Å²) in [5.41, 5.74) is 2.01. The van der Waals surface area contributed by atoms with E-state index in [1.54, 1.807) is 24.9 Å². The summed E-state index contributed by atoms with van der Waals surface area (Å²) in [4.78, 5) is 16.3. The van der Waals surface area contributed by atoms with Crippen molar-refractivity contribution in [1.82, 2.24) is 0 Å². The summed E-state index contributed by atoms with van der Waals surface area (Å²) in [6.45, 7) is 5.74. The molecule has 1 amide bonds. The van der Waals surface area contributed by atoms with Crippen LogP contribution in [0.3, 0.4) is 0 Å². The average molecular weight is 489 g/mol. The van der Waals surface area contributed by atoms with Gasteiger partial charge in [-0.25, -0.2) is 8.78 Å². The second-order valence-electron chi connectivity index (χ2n) is 9.28. The third kappa shape index (κ3) is 5.26. The van der Waals surface area contributed by atoms with Gasteiger partial charge in [0.2, 0.25) is 5.91 Å². The molecule has 0 aromatic heterocycles. The van der Waals surface area contributed by atoms with Crippen LogP contribution >= 0.6 is 11.6 Å². The molecule has 0 saturated carbocycles. The van der Waals surface area contributed by atoms with Crippen molar-refractivity contribution in [3.8, 4) is 0 Å². The zero-order valence-electron chi connectivity index (χ0n) is 19.3. The molecule has 8 heteroatoms. The van der Waals surface area contributed by atoms with Gasteiger partial charge in [-0.2, -0.15) is 0 Å². The fourth-order valence-electron chi connectivity index (χ4n) is 4.18. The number of allylic oxidation sites excluding steroid dienone is 1. The minimum absolute atomic E-state index is 0.0606. The predicted octanol–water partition coefficient (Wildman–Crippen LogP) is 5.40. The third-order valence-electron chi connectivity index (χ3n) is 5.86. The summed E-state index contributed by atoms with van der Waals surface area (Å²) in [5.74, 6) is -0.979. The lowest BCUT2D eigenvalue weighted by Crippen LogP contribution is -2.35. The van der Waals surface area contributed by atoms with Crippen molar-refractivity contribution in [3.63, 3.8) is 0 Å².